The minimum atomic E-state index is -0.311. The zero-order valence-electron chi connectivity index (χ0n) is 19.2. The minimum Gasteiger partial charge on any atom is -0.348 e. The molecule has 0 aliphatic carbocycles. The summed E-state index contributed by atoms with van der Waals surface area (Å²) in [5.74, 6) is 0.0181. The van der Waals surface area contributed by atoms with Gasteiger partial charge in [-0.1, -0.05) is 17.7 Å². The standard InChI is InChI=1S/C26H27N5O2/c1-17-5-7-19(8-6-17)24(32)30-22-10-9-20-21(16-31(23(20)29-22)26(2,3)4)25(33)28-15-18-11-13-27-14-12-18/h5-14,16H,15H2,1-4H3,(H,28,33)(H,29,30,32). The fourth-order valence-electron chi connectivity index (χ4n) is 3.54. The number of aromatic nitrogens is 3. The van der Waals surface area contributed by atoms with Crippen molar-refractivity contribution < 1.29 is 9.59 Å². The van der Waals surface area contributed by atoms with E-state index in [1.54, 1.807) is 30.6 Å². The van der Waals surface area contributed by atoms with Crippen LogP contribution in [0.5, 0.6) is 0 Å². The molecular formula is C26H27N5O2. The first kappa shape index (κ1) is 22.2. The van der Waals surface area contributed by atoms with E-state index in [1.165, 1.54) is 0 Å². The van der Waals surface area contributed by atoms with Gasteiger partial charge in [-0.2, -0.15) is 0 Å². The van der Waals surface area contributed by atoms with Crippen molar-refractivity contribution in [1.29, 1.82) is 0 Å². The van der Waals surface area contributed by atoms with E-state index in [0.29, 0.717) is 29.1 Å². The van der Waals surface area contributed by atoms with Gasteiger partial charge in [0.1, 0.15) is 11.5 Å². The fourth-order valence-corrected chi connectivity index (χ4v) is 3.54. The summed E-state index contributed by atoms with van der Waals surface area (Å²) in [6, 6.07) is 14.6. The van der Waals surface area contributed by atoms with Crippen molar-refractivity contribution in [1.82, 2.24) is 19.9 Å². The Bertz CT molecular complexity index is 1300. The van der Waals surface area contributed by atoms with E-state index in [4.69, 9.17) is 0 Å². The maximum absolute atomic E-state index is 13.0. The molecule has 0 unspecified atom stereocenters. The van der Waals surface area contributed by atoms with Crippen LogP contribution in [-0.4, -0.2) is 26.3 Å². The molecule has 0 saturated carbocycles. The van der Waals surface area contributed by atoms with Gasteiger partial charge in [0, 0.05) is 41.6 Å². The molecule has 0 bridgehead atoms. The number of rotatable bonds is 5. The second-order valence-electron chi connectivity index (χ2n) is 9.01. The summed E-state index contributed by atoms with van der Waals surface area (Å²) in [5.41, 5.74) is 3.48. The lowest BCUT2D eigenvalue weighted by molar-refractivity contribution is 0.0951. The number of nitrogens with one attached hydrogen (secondary N) is 2. The van der Waals surface area contributed by atoms with Gasteiger partial charge in [-0.3, -0.25) is 14.6 Å². The highest BCUT2D eigenvalue weighted by molar-refractivity contribution is 6.07. The van der Waals surface area contributed by atoms with Gasteiger partial charge in [-0.15, -0.1) is 0 Å². The molecule has 1 aromatic carbocycles. The van der Waals surface area contributed by atoms with Gasteiger partial charge in [-0.25, -0.2) is 4.98 Å². The zero-order chi connectivity index (χ0) is 23.6. The number of aryl methyl sites for hydroxylation is 1. The van der Waals surface area contributed by atoms with Crippen LogP contribution in [0.3, 0.4) is 0 Å². The van der Waals surface area contributed by atoms with Gasteiger partial charge in [0.25, 0.3) is 11.8 Å². The van der Waals surface area contributed by atoms with E-state index in [1.807, 2.05) is 68.8 Å². The summed E-state index contributed by atoms with van der Waals surface area (Å²) in [5, 5.41) is 6.56. The van der Waals surface area contributed by atoms with Gasteiger partial charge >= 0.3 is 0 Å². The highest BCUT2D eigenvalue weighted by atomic mass is 16.2. The maximum Gasteiger partial charge on any atom is 0.256 e. The Balaban J connectivity index is 1.63. The van der Waals surface area contributed by atoms with Crippen LogP contribution in [0, 0.1) is 6.92 Å². The van der Waals surface area contributed by atoms with Crippen LogP contribution < -0.4 is 10.6 Å². The second-order valence-corrected chi connectivity index (χ2v) is 9.01. The average molecular weight is 442 g/mol. The van der Waals surface area contributed by atoms with Crippen LogP contribution in [0.2, 0.25) is 0 Å². The van der Waals surface area contributed by atoms with Gasteiger partial charge < -0.3 is 15.2 Å². The molecule has 0 saturated heterocycles. The van der Waals surface area contributed by atoms with Gasteiger partial charge in [0.05, 0.1) is 5.56 Å². The fraction of sp³-hybridized carbons (Fsp3) is 0.231. The lowest BCUT2D eigenvalue weighted by atomic mass is 10.1. The Morgan fingerprint density at radius 2 is 1.64 bits per heavy atom. The smallest absolute Gasteiger partial charge is 0.256 e. The molecule has 2 amide bonds. The predicted octanol–water partition coefficient (Wildman–Crippen LogP) is 4.68. The van der Waals surface area contributed by atoms with Crippen molar-refractivity contribution >= 4 is 28.7 Å². The lowest BCUT2D eigenvalue weighted by Crippen LogP contribution is -2.23. The molecule has 3 aromatic heterocycles. The van der Waals surface area contributed by atoms with E-state index in [-0.39, 0.29) is 17.4 Å². The van der Waals surface area contributed by atoms with Crippen LogP contribution in [0.1, 0.15) is 52.6 Å². The number of carbonyl (C=O) groups excluding carboxylic acids is 2. The molecule has 7 heteroatoms. The highest BCUT2D eigenvalue weighted by Crippen LogP contribution is 2.28. The van der Waals surface area contributed by atoms with E-state index < -0.39 is 0 Å². The Morgan fingerprint density at radius 3 is 2.30 bits per heavy atom. The number of benzene rings is 1. The number of anilines is 1. The van der Waals surface area contributed by atoms with E-state index in [9.17, 15) is 9.59 Å². The largest absolute Gasteiger partial charge is 0.348 e. The number of hydrogen-bond acceptors (Lipinski definition) is 4. The maximum atomic E-state index is 13.0. The Kier molecular flexibility index (Phi) is 5.96. The summed E-state index contributed by atoms with van der Waals surface area (Å²) < 4.78 is 1.96. The summed E-state index contributed by atoms with van der Waals surface area (Å²) in [7, 11) is 0. The lowest BCUT2D eigenvalue weighted by Gasteiger charge is -2.22. The topological polar surface area (TPSA) is 88.9 Å². The van der Waals surface area contributed by atoms with Gasteiger partial charge in [-0.05, 0) is 69.7 Å². The third kappa shape index (κ3) is 4.92. The first-order valence-electron chi connectivity index (χ1n) is 10.8. The second kappa shape index (κ2) is 8.86. The number of amides is 2. The number of carbonyl (C=O) groups is 2. The van der Waals surface area contributed by atoms with Crippen LogP contribution in [0.4, 0.5) is 5.82 Å². The number of pyridine rings is 2. The molecule has 0 fully saturated rings. The Hall–Kier alpha value is -4.00. The molecule has 7 nitrogen and oxygen atoms in total. The molecular weight excluding hydrogens is 414 g/mol. The van der Waals surface area contributed by atoms with Crippen LogP contribution >= 0.6 is 0 Å². The SMILES string of the molecule is Cc1ccc(C(=O)Nc2ccc3c(C(=O)NCc4ccncc4)cn(C(C)(C)C)c3n2)cc1. The van der Waals surface area contributed by atoms with Crippen molar-refractivity contribution in [2.24, 2.45) is 0 Å². The van der Waals surface area contributed by atoms with E-state index in [2.05, 4.69) is 20.6 Å². The molecule has 0 spiro atoms. The quantitative estimate of drug-likeness (QED) is 0.471. The van der Waals surface area contributed by atoms with Crippen molar-refractivity contribution in [2.75, 3.05) is 5.32 Å². The molecule has 33 heavy (non-hydrogen) atoms. The number of fused-ring (bicyclic) bond motifs is 1. The van der Waals surface area contributed by atoms with Crippen molar-refractivity contribution in [3.63, 3.8) is 0 Å². The molecule has 4 aromatic rings. The molecule has 0 aliphatic rings. The molecule has 168 valence electrons. The molecule has 0 atom stereocenters. The van der Waals surface area contributed by atoms with Gasteiger partial charge in [0.15, 0.2) is 0 Å². The first-order chi connectivity index (χ1) is 15.7. The highest BCUT2D eigenvalue weighted by Gasteiger charge is 2.23. The molecule has 2 N–H and O–H groups in total. The summed E-state index contributed by atoms with van der Waals surface area (Å²) in [4.78, 5) is 34.3. The third-order valence-corrected chi connectivity index (χ3v) is 5.38. The molecule has 4 rings (SSSR count). The van der Waals surface area contributed by atoms with Gasteiger partial charge in [0.2, 0.25) is 0 Å². The summed E-state index contributed by atoms with van der Waals surface area (Å²) >= 11 is 0. The van der Waals surface area contributed by atoms with Crippen molar-refractivity contribution in [3.8, 4) is 0 Å². The van der Waals surface area contributed by atoms with Crippen LogP contribution in [0.25, 0.3) is 11.0 Å². The Labute approximate surface area is 192 Å². The molecule has 0 radical (unpaired) electrons. The molecule has 3 heterocycles. The molecule has 0 aliphatic heterocycles. The van der Waals surface area contributed by atoms with Crippen LogP contribution in [0.15, 0.2) is 67.1 Å². The zero-order valence-corrected chi connectivity index (χ0v) is 19.2. The monoisotopic (exact) mass is 441 g/mol. The normalized spacial score (nSPS) is 11.4. The van der Waals surface area contributed by atoms with E-state index in [0.717, 1.165) is 16.5 Å². The summed E-state index contributed by atoms with van der Waals surface area (Å²) in [6.45, 7) is 8.52. The predicted molar refractivity (Wildman–Crippen MR) is 129 cm³/mol. The van der Waals surface area contributed by atoms with Crippen molar-refractivity contribution in [3.05, 3.63) is 89.4 Å². The summed E-state index contributed by atoms with van der Waals surface area (Å²) in [6.07, 6.45) is 5.22. The minimum absolute atomic E-state index is 0.182. The number of hydrogen-bond donors (Lipinski definition) is 2. The Morgan fingerprint density at radius 1 is 0.939 bits per heavy atom. The average Bonchev–Trinajstić information content (AvgIpc) is 3.18. The van der Waals surface area contributed by atoms with Crippen LogP contribution in [-0.2, 0) is 12.1 Å². The van der Waals surface area contributed by atoms with Crippen molar-refractivity contribution in [2.45, 2.75) is 39.8 Å². The number of nitrogens with zero attached hydrogens (tertiary/aromatic N) is 3. The third-order valence-electron chi connectivity index (χ3n) is 5.38. The van der Waals surface area contributed by atoms with E-state index >= 15 is 0 Å². The first-order valence-corrected chi connectivity index (χ1v) is 10.8.